The van der Waals surface area contributed by atoms with Gasteiger partial charge < -0.3 is 20.1 Å². The molecule has 0 unspecified atom stereocenters. The highest BCUT2D eigenvalue weighted by Crippen LogP contribution is 2.30. The second-order valence-corrected chi connectivity index (χ2v) is 6.62. The quantitative estimate of drug-likeness (QED) is 0.526. The van der Waals surface area contributed by atoms with Crippen molar-refractivity contribution in [3.8, 4) is 11.6 Å². The number of nitrogens with one attached hydrogen (secondary N) is 2. The molecule has 1 fully saturated rings. The van der Waals surface area contributed by atoms with Gasteiger partial charge in [-0.15, -0.1) is 0 Å². The Labute approximate surface area is 161 Å². The summed E-state index contributed by atoms with van der Waals surface area (Å²) in [7, 11) is 1.61. The smallest absolute Gasteiger partial charge is 0.213 e. The zero-order chi connectivity index (χ0) is 18.9. The summed E-state index contributed by atoms with van der Waals surface area (Å²) >= 11 is 0. The third-order valence-electron chi connectivity index (χ3n) is 4.36. The Balaban J connectivity index is 1.60. The summed E-state index contributed by atoms with van der Waals surface area (Å²) in [4.78, 5) is 8.78. The van der Waals surface area contributed by atoms with Crippen molar-refractivity contribution in [1.82, 2.24) is 15.6 Å². The lowest BCUT2D eigenvalue weighted by Gasteiger charge is -2.14. The number of pyridine rings is 1. The minimum absolute atomic E-state index is 0.550. The van der Waals surface area contributed by atoms with Crippen molar-refractivity contribution in [2.45, 2.75) is 32.9 Å². The number of aromatic nitrogens is 1. The molecule has 27 heavy (non-hydrogen) atoms. The molecular formula is C21H28N4O2. The number of rotatable bonds is 9. The first kappa shape index (κ1) is 19.0. The van der Waals surface area contributed by atoms with E-state index in [4.69, 9.17) is 9.47 Å². The number of para-hydroxylation sites is 1. The first-order valence-corrected chi connectivity index (χ1v) is 9.50. The van der Waals surface area contributed by atoms with Crippen molar-refractivity contribution in [1.29, 1.82) is 0 Å². The predicted octanol–water partition coefficient (Wildman–Crippen LogP) is 3.13. The highest BCUT2D eigenvalue weighted by atomic mass is 16.5. The fourth-order valence-electron chi connectivity index (χ4n) is 2.63. The van der Waals surface area contributed by atoms with Crippen LogP contribution in [0.3, 0.4) is 0 Å². The van der Waals surface area contributed by atoms with Crippen LogP contribution in [0.15, 0.2) is 47.6 Å². The molecule has 1 aromatic carbocycles. The lowest BCUT2D eigenvalue weighted by molar-refractivity contribution is 0.296. The van der Waals surface area contributed by atoms with Crippen molar-refractivity contribution in [2.75, 3.05) is 20.3 Å². The van der Waals surface area contributed by atoms with Gasteiger partial charge in [0.1, 0.15) is 5.75 Å². The molecule has 6 heteroatoms. The molecule has 6 nitrogen and oxygen atoms in total. The van der Waals surface area contributed by atoms with Gasteiger partial charge in [0.2, 0.25) is 5.88 Å². The van der Waals surface area contributed by atoms with Crippen molar-refractivity contribution in [3.63, 3.8) is 0 Å². The first-order chi connectivity index (χ1) is 13.3. The van der Waals surface area contributed by atoms with Crippen LogP contribution in [-0.4, -0.2) is 31.2 Å². The Morgan fingerprint density at radius 2 is 2.07 bits per heavy atom. The molecule has 0 bridgehead atoms. The molecule has 144 valence electrons. The molecule has 2 N–H and O–H groups in total. The third kappa shape index (κ3) is 6.16. The standard InChI is InChI=1S/C21H28N4O2/c1-3-22-21(24-13-17-10-11-23-20(12-17)26-2)25-14-18-6-4-5-7-19(18)27-15-16-8-9-16/h4-7,10-12,16H,3,8-9,13-15H2,1-2H3,(H2,22,24,25). The number of ether oxygens (including phenoxy) is 2. The molecule has 0 saturated heterocycles. The number of hydrogen-bond donors (Lipinski definition) is 2. The van der Waals surface area contributed by atoms with E-state index < -0.39 is 0 Å². The van der Waals surface area contributed by atoms with Gasteiger partial charge in [-0.2, -0.15) is 0 Å². The topological polar surface area (TPSA) is 67.8 Å². The number of aliphatic imine (C=N–C) groups is 1. The largest absolute Gasteiger partial charge is 0.493 e. The Morgan fingerprint density at radius 1 is 1.22 bits per heavy atom. The predicted molar refractivity (Wildman–Crippen MR) is 107 cm³/mol. The maximum atomic E-state index is 5.99. The maximum absolute atomic E-state index is 5.99. The van der Waals surface area contributed by atoms with Gasteiger partial charge in [-0.25, -0.2) is 9.98 Å². The summed E-state index contributed by atoms with van der Waals surface area (Å²) in [5.74, 6) is 3.06. The average molecular weight is 368 g/mol. The van der Waals surface area contributed by atoms with Crippen molar-refractivity contribution in [3.05, 3.63) is 53.7 Å². The van der Waals surface area contributed by atoms with Gasteiger partial charge in [-0.1, -0.05) is 18.2 Å². The molecule has 3 rings (SSSR count). The Bertz CT molecular complexity index is 759. The lowest BCUT2D eigenvalue weighted by atomic mass is 10.2. The SMILES string of the molecule is CCNC(=NCc1ccnc(OC)c1)NCc1ccccc1OCC1CC1. The normalized spacial score (nSPS) is 13.9. The summed E-state index contributed by atoms with van der Waals surface area (Å²) in [6.45, 7) is 4.88. The van der Waals surface area contributed by atoms with Gasteiger partial charge in [0, 0.05) is 30.9 Å². The first-order valence-electron chi connectivity index (χ1n) is 9.50. The number of guanidine groups is 1. The summed E-state index contributed by atoms with van der Waals surface area (Å²) < 4.78 is 11.2. The van der Waals surface area contributed by atoms with Crippen LogP contribution in [0.25, 0.3) is 0 Å². The number of benzene rings is 1. The minimum Gasteiger partial charge on any atom is -0.493 e. The molecule has 0 amide bonds. The Kier molecular flexibility index (Phi) is 6.90. The van der Waals surface area contributed by atoms with Crippen molar-refractivity contribution in [2.24, 2.45) is 10.9 Å². The second-order valence-electron chi connectivity index (χ2n) is 6.62. The van der Waals surface area contributed by atoms with E-state index >= 15 is 0 Å². The molecule has 1 aliphatic carbocycles. The highest BCUT2D eigenvalue weighted by Gasteiger charge is 2.22. The van der Waals surface area contributed by atoms with Crippen LogP contribution in [-0.2, 0) is 13.1 Å². The fourth-order valence-corrected chi connectivity index (χ4v) is 2.63. The molecule has 0 spiro atoms. The van der Waals surface area contributed by atoms with Crippen LogP contribution in [0, 0.1) is 5.92 Å². The van der Waals surface area contributed by atoms with Gasteiger partial charge in [-0.05, 0) is 43.4 Å². The van der Waals surface area contributed by atoms with E-state index in [1.54, 1.807) is 13.3 Å². The summed E-state index contributed by atoms with van der Waals surface area (Å²) in [6, 6.07) is 12.0. The van der Waals surface area contributed by atoms with Crippen molar-refractivity contribution >= 4 is 5.96 Å². The molecular weight excluding hydrogens is 340 g/mol. The monoisotopic (exact) mass is 368 g/mol. The maximum Gasteiger partial charge on any atom is 0.213 e. The number of nitrogens with zero attached hydrogens (tertiary/aromatic N) is 2. The van der Waals surface area contributed by atoms with Crippen LogP contribution < -0.4 is 20.1 Å². The van der Waals surface area contributed by atoms with E-state index in [0.717, 1.165) is 41.9 Å². The molecule has 1 aromatic heterocycles. The second kappa shape index (κ2) is 9.80. The van der Waals surface area contributed by atoms with Crippen LogP contribution in [0.4, 0.5) is 0 Å². The zero-order valence-corrected chi connectivity index (χ0v) is 16.1. The molecule has 1 saturated carbocycles. The Hall–Kier alpha value is -2.76. The third-order valence-corrected chi connectivity index (χ3v) is 4.36. The fraction of sp³-hybridized carbons (Fsp3) is 0.429. The van der Waals surface area contributed by atoms with Crippen LogP contribution in [0.1, 0.15) is 30.9 Å². The van der Waals surface area contributed by atoms with Gasteiger partial charge in [0.05, 0.1) is 20.3 Å². The van der Waals surface area contributed by atoms with E-state index in [2.05, 4.69) is 33.6 Å². The van der Waals surface area contributed by atoms with E-state index in [-0.39, 0.29) is 0 Å². The summed E-state index contributed by atoms with van der Waals surface area (Å²) in [5, 5.41) is 6.67. The van der Waals surface area contributed by atoms with E-state index in [9.17, 15) is 0 Å². The van der Waals surface area contributed by atoms with E-state index in [0.29, 0.717) is 19.0 Å². The van der Waals surface area contributed by atoms with Crippen molar-refractivity contribution < 1.29 is 9.47 Å². The zero-order valence-electron chi connectivity index (χ0n) is 16.1. The molecule has 0 atom stereocenters. The molecule has 0 radical (unpaired) electrons. The molecule has 1 aliphatic rings. The summed E-state index contributed by atoms with van der Waals surface area (Å²) in [5.41, 5.74) is 2.18. The van der Waals surface area contributed by atoms with Crippen LogP contribution >= 0.6 is 0 Å². The lowest BCUT2D eigenvalue weighted by Crippen LogP contribution is -2.36. The average Bonchev–Trinajstić information content (AvgIpc) is 3.54. The number of hydrogen-bond acceptors (Lipinski definition) is 4. The molecule has 1 heterocycles. The van der Waals surface area contributed by atoms with Crippen LogP contribution in [0.5, 0.6) is 11.6 Å². The summed E-state index contributed by atoms with van der Waals surface area (Å²) in [6.07, 6.45) is 4.31. The highest BCUT2D eigenvalue weighted by molar-refractivity contribution is 5.79. The van der Waals surface area contributed by atoms with Gasteiger partial charge >= 0.3 is 0 Å². The van der Waals surface area contributed by atoms with E-state index in [1.165, 1.54) is 12.8 Å². The minimum atomic E-state index is 0.550. The number of methoxy groups -OCH3 is 1. The van der Waals surface area contributed by atoms with E-state index in [1.807, 2.05) is 30.3 Å². The Morgan fingerprint density at radius 3 is 2.85 bits per heavy atom. The molecule has 0 aliphatic heterocycles. The van der Waals surface area contributed by atoms with Gasteiger partial charge in [-0.3, -0.25) is 0 Å². The van der Waals surface area contributed by atoms with Crippen LogP contribution in [0.2, 0.25) is 0 Å². The van der Waals surface area contributed by atoms with Gasteiger partial charge in [0.15, 0.2) is 5.96 Å². The molecule has 2 aromatic rings. The van der Waals surface area contributed by atoms with Gasteiger partial charge in [0.25, 0.3) is 0 Å².